The first-order chi connectivity index (χ1) is 4.52. The molecular weight excluding hydrogens is 247 g/mol. The first kappa shape index (κ1) is 8.26. The highest BCUT2D eigenvalue weighted by molar-refractivity contribution is 14.1. The van der Waals surface area contributed by atoms with E-state index in [0.717, 1.165) is 0 Å². The van der Waals surface area contributed by atoms with E-state index in [-0.39, 0.29) is 12.1 Å². The minimum absolute atomic E-state index is 0.0135. The lowest BCUT2D eigenvalue weighted by Gasteiger charge is -2.28. The zero-order valence-electron chi connectivity index (χ0n) is 5.89. The molecule has 1 rings (SSSR count). The zero-order chi connectivity index (χ0) is 7.78. The number of hydrogen-bond acceptors (Lipinski definition) is 3. The van der Waals surface area contributed by atoms with Crippen LogP contribution in [0.1, 0.15) is 20.3 Å². The van der Waals surface area contributed by atoms with Gasteiger partial charge in [-0.2, -0.15) is 4.89 Å². The van der Waals surface area contributed by atoms with Crippen molar-refractivity contribution in [1.29, 1.82) is 0 Å². The lowest BCUT2D eigenvalue weighted by atomic mass is 10.0. The lowest BCUT2D eigenvalue weighted by Crippen LogP contribution is -2.40. The largest absolute Gasteiger partial charge is 0.357 e. The van der Waals surface area contributed by atoms with Gasteiger partial charge in [0.1, 0.15) is 9.53 Å². The maximum absolute atomic E-state index is 10.9. The van der Waals surface area contributed by atoms with E-state index in [4.69, 9.17) is 0 Å². The average Bonchev–Trinajstić information content (AvgIpc) is 1.78. The molecule has 2 unspecified atom stereocenters. The van der Waals surface area contributed by atoms with Gasteiger partial charge in [0.05, 0.1) is 0 Å². The van der Waals surface area contributed by atoms with Crippen molar-refractivity contribution in [3.05, 3.63) is 0 Å². The van der Waals surface area contributed by atoms with Crippen molar-refractivity contribution in [3.63, 3.8) is 0 Å². The van der Waals surface area contributed by atoms with E-state index in [2.05, 4.69) is 32.4 Å². The molecule has 0 aromatic heterocycles. The Hall–Kier alpha value is 0.160. The van der Waals surface area contributed by atoms with E-state index in [9.17, 15) is 4.79 Å². The summed E-state index contributed by atoms with van der Waals surface area (Å²) in [6.07, 6.45) is 0.728. The number of carbonyl (C=O) groups is 1. The fourth-order valence-corrected chi connectivity index (χ4v) is 1.58. The van der Waals surface area contributed by atoms with Crippen LogP contribution in [0.2, 0.25) is 0 Å². The molecule has 10 heavy (non-hydrogen) atoms. The Morgan fingerprint density at radius 3 is 2.80 bits per heavy atom. The summed E-state index contributed by atoms with van der Waals surface area (Å²) in [7, 11) is 0. The van der Waals surface area contributed by atoms with E-state index < -0.39 is 3.42 Å². The molecule has 1 heterocycles. The third kappa shape index (κ3) is 1.60. The monoisotopic (exact) mass is 256 g/mol. The number of halogens is 1. The van der Waals surface area contributed by atoms with Crippen LogP contribution in [-0.4, -0.2) is 15.5 Å². The molecule has 0 amide bonds. The van der Waals surface area contributed by atoms with E-state index in [1.54, 1.807) is 0 Å². The second-order valence-corrected chi connectivity index (χ2v) is 5.06. The van der Waals surface area contributed by atoms with E-state index in [1.807, 2.05) is 13.8 Å². The van der Waals surface area contributed by atoms with Crippen molar-refractivity contribution in [2.24, 2.45) is 0 Å². The molecule has 1 fully saturated rings. The summed E-state index contributed by atoms with van der Waals surface area (Å²) in [5.41, 5.74) is 0. The highest BCUT2D eigenvalue weighted by Gasteiger charge is 2.39. The molecule has 1 aliphatic heterocycles. The van der Waals surface area contributed by atoms with Gasteiger partial charge >= 0.3 is 5.97 Å². The fourth-order valence-electron chi connectivity index (χ4n) is 0.870. The summed E-state index contributed by atoms with van der Waals surface area (Å²) in [4.78, 5) is 20.0. The van der Waals surface area contributed by atoms with Crippen LogP contribution in [0.5, 0.6) is 0 Å². The minimum atomic E-state index is -0.407. The molecule has 0 radical (unpaired) electrons. The van der Waals surface area contributed by atoms with Gasteiger partial charge in [0.25, 0.3) is 0 Å². The minimum Gasteiger partial charge on any atom is -0.297 e. The Morgan fingerprint density at radius 1 is 1.80 bits per heavy atom. The van der Waals surface area contributed by atoms with Crippen LogP contribution in [0.15, 0.2) is 0 Å². The maximum Gasteiger partial charge on any atom is 0.357 e. The first-order valence-corrected chi connectivity index (χ1v) is 4.17. The van der Waals surface area contributed by atoms with Crippen LogP contribution in [0, 0.1) is 0 Å². The molecule has 0 spiro atoms. The van der Waals surface area contributed by atoms with Gasteiger partial charge < -0.3 is 0 Å². The fraction of sp³-hybridized carbons (Fsp3) is 0.833. The Bertz CT molecular complexity index is 155. The van der Waals surface area contributed by atoms with Crippen LogP contribution >= 0.6 is 22.6 Å². The van der Waals surface area contributed by atoms with Crippen molar-refractivity contribution < 1.29 is 14.6 Å². The van der Waals surface area contributed by atoms with Gasteiger partial charge in [0.2, 0.25) is 0 Å². The molecule has 1 saturated heterocycles. The summed E-state index contributed by atoms with van der Waals surface area (Å²) in [6.45, 7) is 3.72. The van der Waals surface area contributed by atoms with Crippen LogP contribution in [0.4, 0.5) is 0 Å². The van der Waals surface area contributed by atoms with Crippen molar-refractivity contribution in [2.45, 2.75) is 29.8 Å². The summed E-state index contributed by atoms with van der Waals surface area (Å²) in [5, 5.41) is 0. The van der Waals surface area contributed by atoms with Crippen molar-refractivity contribution >= 4 is 28.6 Å². The Kier molecular flexibility index (Phi) is 2.19. The average molecular weight is 256 g/mol. The van der Waals surface area contributed by atoms with Crippen LogP contribution < -0.4 is 0 Å². The van der Waals surface area contributed by atoms with E-state index >= 15 is 0 Å². The molecule has 0 aromatic rings. The number of alkyl halides is 1. The van der Waals surface area contributed by atoms with Crippen LogP contribution in [0.25, 0.3) is 0 Å². The smallest absolute Gasteiger partial charge is 0.297 e. The molecule has 0 aliphatic carbocycles. The first-order valence-electron chi connectivity index (χ1n) is 3.09. The second kappa shape index (κ2) is 2.65. The van der Waals surface area contributed by atoms with Gasteiger partial charge in [-0.3, -0.25) is 4.89 Å². The molecule has 4 heteroatoms. The van der Waals surface area contributed by atoms with E-state index in [1.165, 1.54) is 0 Å². The molecule has 0 N–H and O–H groups in total. The van der Waals surface area contributed by atoms with Crippen LogP contribution in [-0.2, 0) is 14.6 Å². The zero-order valence-corrected chi connectivity index (χ0v) is 8.04. The molecular formula is C6H9IO3. The van der Waals surface area contributed by atoms with Gasteiger partial charge in [-0.1, -0.05) is 22.6 Å². The van der Waals surface area contributed by atoms with Gasteiger partial charge in [0, 0.05) is 6.42 Å². The molecule has 0 bridgehead atoms. The van der Waals surface area contributed by atoms with Crippen molar-refractivity contribution in [3.8, 4) is 0 Å². The SMILES string of the molecule is CC1CC(C)(I)C(=O)OO1. The molecule has 3 nitrogen and oxygen atoms in total. The Balaban J connectivity index is 2.63. The lowest BCUT2D eigenvalue weighted by molar-refractivity contribution is -0.311. The van der Waals surface area contributed by atoms with Gasteiger partial charge in [0.15, 0.2) is 0 Å². The quantitative estimate of drug-likeness (QED) is 0.374. The van der Waals surface area contributed by atoms with Crippen LogP contribution in [0.3, 0.4) is 0 Å². The number of hydrogen-bond donors (Lipinski definition) is 0. The summed E-state index contributed by atoms with van der Waals surface area (Å²) in [5.74, 6) is -0.286. The predicted octanol–water partition coefficient (Wildman–Crippen LogP) is 1.45. The highest BCUT2D eigenvalue weighted by atomic mass is 127. The molecule has 2 atom stereocenters. The third-order valence-electron chi connectivity index (χ3n) is 1.38. The van der Waals surface area contributed by atoms with E-state index in [0.29, 0.717) is 6.42 Å². The van der Waals surface area contributed by atoms with Gasteiger partial charge in [-0.25, -0.2) is 4.79 Å². The Morgan fingerprint density at radius 2 is 2.40 bits per heavy atom. The summed E-state index contributed by atoms with van der Waals surface area (Å²) in [6, 6.07) is 0. The molecule has 58 valence electrons. The molecule has 0 aromatic carbocycles. The van der Waals surface area contributed by atoms with Gasteiger partial charge in [-0.05, 0) is 13.8 Å². The Labute approximate surface area is 73.1 Å². The number of rotatable bonds is 0. The summed E-state index contributed by atoms with van der Waals surface area (Å²) < 4.78 is -0.407. The molecule has 0 saturated carbocycles. The maximum atomic E-state index is 10.9. The topological polar surface area (TPSA) is 35.5 Å². The normalized spacial score (nSPS) is 41.1. The van der Waals surface area contributed by atoms with Crippen molar-refractivity contribution in [1.82, 2.24) is 0 Å². The standard InChI is InChI=1S/C6H9IO3/c1-4-3-6(2,7)5(8)10-9-4/h4H,3H2,1-2H3. The van der Waals surface area contributed by atoms with Gasteiger partial charge in [-0.15, -0.1) is 0 Å². The molecule has 1 aliphatic rings. The predicted molar refractivity (Wildman–Crippen MR) is 43.7 cm³/mol. The highest BCUT2D eigenvalue weighted by Crippen LogP contribution is 2.30. The summed E-state index contributed by atoms with van der Waals surface area (Å²) >= 11 is 2.08. The second-order valence-electron chi connectivity index (χ2n) is 2.68. The third-order valence-corrected chi connectivity index (χ3v) is 2.27. The van der Waals surface area contributed by atoms with Crippen molar-refractivity contribution in [2.75, 3.05) is 0 Å². The number of carbonyl (C=O) groups excluding carboxylic acids is 1.